The van der Waals surface area contributed by atoms with Crippen molar-refractivity contribution in [1.29, 1.82) is 0 Å². The number of hydrogen-bond donors (Lipinski definition) is 1. The fourth-order valence-corrected chi connectivity index (χ4v) is 1.20. The van der Waals surface area contributed by atoms with Gasteiger partial charge in [0.2, 0.25) is 5.28 Å². The molecule has 2 aromatic rings. The minimum atomic E-state index is 0.161. The summed E-state index contributed by atoms with van der Waals surface area (Å²) in [4.78, 5) is 7.69. The highest BCUT2D eigenvalue weighted by Gasteiger charge is 2.02. The van der Waals surface area contributed by atoms with Gasteiger partial charge in [0.15, 0.2) is 5.82 Å². The lowest BCUT2D eigenvalue weighted by atomic mass is 10.5. The molecule has 0 aliphatic rings. The van der Waals surface area contributed by atoms with Gasteiger partial charge in [0.25, 0.3) is 0 Å². The van der Waals surface area contributed by atoms with Gasteiger partial charge in [0.05, 0.1) is 6.20 Å². The summed E-state index contributed by atoms with van der Waals surface area (Å²) in [6.45, 7) is 0. The van der Waals surface area contributed by atoms with E-state index in [9.17, 15) is 0 Å². The van der Waals surface area contributed by atoms with E-state index < -0.39 is 0 Å². The first-order chi connectivity index (χ1) is 6.27. The molecule has 2 N–H and O–H groups in total. The minimum Gasteiger partial charge on any atom is -0.382 e. The number of halogens is 1. The standard InChI is InChI=1S/C8H7ClN4/c9-8-11-5-6(7(10)12-8)13-3-1-2-4-13/h1-5H,(H2,10,11,12). The van der Waals surface area contributed by atoms with Crippen LogP contribution in [0.2, 0.25) is 5.28 Å². The molecule has 0 spiro atoms. The van der Waals surface area contributed by atoms with E-state index in [1.165, 1.54) is 0 Å². The zero-order valence-electron chi connectivity index (χ0n) is 6.68. The van der Waals surface area contributed by atoms with E-state index in [0.717, 1.165) is 5.69 Å². The Bertz CT molecular complexity index is 410. The number of nitrogen functional groups attached to an aromatic ring is 1. The van der Waals surface area contributed by atoms with Crippen LogP contribution in [0, 0.1) is 0 Å². The topological polar surface area (TPSA) is 56.7 Å². The summed E-state index contributed by atoms with van der Waals surface area (Å²) in [6.07, 6.45) is 5.32. The molecule has 0 fully saturated rings. The van der Waals surface area contributed by atoms with E-state index in [4.69, 9.17) is 17.3 Å². The average Bonchev–Trinajstić information content (AvgIpc) is 2.56. The molecule has 0 saturated heterocycles. The summed E-state index contributed by atoms with van der Waals surface area (Å²) >= 11 is 5.57. The first kappa shape index (κ1) is 8.07. The smallest absolute Gasteiger partial charge is 0.224 e. The normalized spacial score (nSPS) is 10.2. The molecule has 13 heavy (non-hydrogen) atoms. The molecule has 66 valence electrons. The van der Waals surface area contributed by atoms with Gasteiger partial charge in [-0.1, -0.05) is 0 Å². The number of nitrogens with two attached hydrogens (primary N) is 1. The van der Waals surface area contributed by atoms with Gasteiger partial charge in [-0.25, -0.2) is 4.98 Å². The second kappa shape index (κ2) is 3.06. The minimum absolute atomic E-state index is 0.161. The first-order valence-corrected chi connectivity index (χ1v) is 4.06. The molecular formula is C8H7ClN4. The van der Waals surface area contributed by atoms with Crippen LogP contribution in [0.1, 0.15) is 0 Å². The monoisotopic (exact) mass is 194 g/mol. The van der Waals surface area contributed by atoms with Crippen molar-refractivity contribution in [3.05, 3.63) is 36.0 Å². The summed E-state index contributed by atoms with van der Waals surface area (Å²) in [5, 5.41) is 0.161. The van der Waals surface area contributed by atoms with Crippen molar-refractivity contribution in [2.24, 2.45) is 0 Å². The molecule has 0 saturated carbocycles. The number of aromatic nitrogens is 3. The Morgan fingerprint density at radius 2 is 2.00 bits per heavy atom. The van der Waals surface area contributed by atoms with E-state index in [1.54, 1.807) is 6.20 Å². The van der Waals surface area contributed by atoms with Crippen molar-refractivity contribution in [3.8, 4) is 5.69 Å². The Balaban J connectivity index is 2.53. The molecule has 0 aliphatic carbocycles. The molecule has 2 aromatic heterocycles. The van der Waals surface area contributed by atoms with Crippen LogP contribution in [0.4, 0.5) is 5.82 Å². The maximum absolute atomic E-state index is 5.66. The predicted molar refractivity (Wildman–Crippen MR) is 50.8 cm³/mol. The zero-order chi connectivity index (χ0) is 9.26. The SMILES string of the molecule is Nc1nc(Cl)ncc1-n1cccc1. The van der Waals surface area contributed by atoms with Gasteiger partial charge in [0, 0.05) is 12.4 Å². The number of anilines is 1. The molecule has 4 nitrogen and oxygen atoms in total. The zero-order valence-corrected chi connectivity index (χ0v) is 7.44. The van der Waals surface area contributed by atoms with Gasteiger partial charge >= 0.3 is 0 Å². The highest BCUT2D eigenvalue weighted by Crippen LogP contribution is 2.14. The molecule has 0 aliphatic heterocycles. The van der Waals surface area contributed by atoms with Crippen molar-refractivity contribution in [2.75, 3.05) is 5.73 Å². The first-order valence-electron chi connectivity index (χ1n) is 3.69. The maximum Gasteiger partial charge on any atom is 0.224 e. The Hall–Kier alpha value is -1.55. The third-order valence-corrected chi connectivity index (χ3v) is 1.83. The number of nitrogens with zero attached hydrogens (tertiary/aromatic N) is 3. The van der Waals surface area contributed by atoms with Crippen molar-refractivity contribution >= 4 is 17.4 Å². The summed E-state index contributed by atoms with van der Waals surface area (Å²) in [5.74, 6) is 0.371. The van der Waals surface area contributed by atoms with E-state index in [2.05, 4.69) is 9.97 Å². The largest absolute Gasteiger partial charge is 0.382 e. The van der Waals surface area contributed by atoms with Crippen molar-refractivity contribution in [1.82, 2.24) is 14.5 Å². The van der Waals surface area contributed by atoms with Crippen molar-refractivity contribution in [3.63, 3.8) is 0 Å². The lowest BCUT2D eigenvalue weighted by molar-refractivity contribution is 1.03. The Morgan fingerprint density at radius 1 is 1.31 bits per heavy atom. The summed E-state index contributed by atoms with van der Waals surface area (Å²) in [6, 6.07) is 3.79. The van der Waals surface area contributed by atoms with Gasteiger partial charge in [-0.15, -0.1) is 0 Å². The van der Waals surface area contributed by atoms with E-state index in [-0.39, 0.29) is 5.28 Å². The van der Waals surface area contributed by atoms with Crippen LogP contribution in [-0.4, -0.2) is 14.5 Å². The quantitative estimate of drug-likeness (QED) is 0.700. The van der Waals surface area contributed by atoms with Crippen LogP contribution in [0.3, 0.4) is 0 Å². The van der Waals surface area contributed by atoms with Crippen LogP contribution in [0.25, 0.3) is 5.69 Å². The fraction of sp³-hybridized carbons (Fsp3) is 0. The lowest BCUT2D eigenvalue weighted by Gasteiger charge is -2.04. The Kier molecular flexibility index (Phi) is 1.90. The average molecular weight is 195 g/mol. The summed E-state index contributed by atoms with van der Waals surface area (Å²) < 4.78 is 1.83. The Morgan fingerprint density at radius 3 is 2.62 bits per heavy atom. The molecule has 0 aromatic carbocycles. The lowest BCUT2D eigenvalue weighted by Crippen LogP contribution is -2.01. The molecule has 0 atom stereocenters. The van der Waals surface area contributed by atoms with Crippen LogP contribution in [0.15, 0.2) is 30.7 Å². The van der Waals surface area contributed by atoms with Crippen LogP contribution >= 0.6 is 11.6 Å². The van der Waals surface area contributed by atoms with Gasteiger partial charge in [0.1, 0.15) is 5.69 Å². The maximum atomic E-state index is 5.66. The third-order valence-electron chi connectivity index (χ3n) is 1.65. The number of rotatable bonds is 1. The van der Waals surface area contributed by atoms with Gasteiger partial charge in [-0.05, 0) is 23.7 Å². The molecule has 0 bridgehead atoms. The molecule has 2 rings (SSSR count). The molecule has 2 heterocycles. The highest BCUT2D eigenvalue weighted by atomic mass is 35.5. The van der Waals surface area contributed by atoms with Gasteiger partial charge in [-0.3, -0.25) is 0 Å². The fourth-order valence-electron chi connectivity index (χ4n) is 1.06. The van der Waals surface area contributed by atoms with Crippen molar-refractivity contribution in [2.45, 2.75) is 0 Å². The van der Waals surface area contributed by atoms with Crippen molar-refractivity contribution < 1.29 is 0 Å². The molecule has 5 heteroatoms. The van der Waals surface area contributed by atoms with Crippen LogP contribution < -0.4 is 5.73 Å². The van der Waals surface area contributed by atoms with E-state index in [1.807, 2.05) is 29.1 Å². The number of hydrogen-bond acceptors (Lipinski definition) is 3. The van der Waals surface area contributed by atoms with E-state index in [0.29, 0.717) is 5.82 Å². The summed E-state index contributed by atoms with van der Waals surface area (Å²) in [5.41, 5.74) is 6.39. The molecule has 0 radical (unpaired) electrons. The van der Waals surface area contributed by atoms with Crippen LogP contribution in [0.5, 0.6) is 0 Å². The van der Waals surface area contributed by atoms with Crippen LogP contribution in [-0.2, 0) is 0 Å². The summed E-state index contributed by atoms with van der Waals surface area (Å²) in [7, 11) is 0. The Labute approximate surface area is 80.0 Å². The molecule has 0 amide bonds. The molecular weight excluding hydrogens is 188 g/mol. The predicted octanol–water partition coefficient (Wildman–Crippen LogP) is 1.50. The third kappa shape index (κ3) is 1.48. The second-order valence-electron chi connectivity index (χ2n) is 2.50. The van der Waals surface area contributed by atoms with Gasteiger partial charge in [-0.2, -0.15) is 4.98 Å². The highest BCUT2D eigenvalue weighted by molar-refractivity contribution is 6.28. The molecule has 0 unspecified atom stereocenters. The van der Waals surface area contributed by atoms with E-state index >= 15 is 0 Å². The van der Waals surface area contributed by atoms with Gasteiger partial charge < -0.3 is 10.3 Å². The second-order valence-corrected chi connectivity index (χ2v) is 2.84.